The average Bonchev–Trinajstić information content (AvgIpc) is 3.25. The van der Waals surface area contributed by atoms with Crippen LogP contribution >= 0.6 is 0 Å². The number of carbonyl (C=O) groups is 3. The fraction of sp³-hybridized carbons (Fsp3) is 0.522. The molecule has 33 heavy (non-hydrogen) atoms. The largest absolute Gasteiger partial charge is 0.483 e. The molecule has 0 aromatic carbocycles. The van der Waals surface area contributed by atoms with Crippen LogP contribution in [0.3, 0.4) is 0 Å². The lowest BCUT2D eigenvalue weighted by molar-refractivity contribution is -0.134. The SMILES string of the molecule is CCc1nccn1CCC(=O)N1C[C@H]2C[C@@H](C1)[C@H](CNC(C)=O)n1c2cccc1=O.O=CO. The number of amides is 2. The van der Waals surface area contributed by atoms with Gasteiger partial charge in [0.25, 0.3) is 12.0 Å². The molecule has 1 saturated heterocycles. The molecule has 0 radical (unpaired) electrons. The number of piperidine rings is 1. The van der Waals surface area contributed by atoms with Crippen LogP contribution in [0, 0.1) is 5.92 Å². The Kier molecular flexibility index (Phi) is 8.02. The summed E-state index contributed by atoms with van der Waals surface area (Å²) >= 11 is 0. The Morgan fingerprint density at radius 1 is 1.30 bits per heavy atom. The Bertz CT molecular complexity index is 1050. The highest BCUT2D eigenvalue weighted by Crippen LogP contribution is 2.40. The van der Waals surface area contributed by atoms with Gasteiger partial charge in [0.05, 0.1) is 6.04 Å². The van der Waals surface area contributed by atoms with Crippen molar-refractivity contribution in [1.29, 1.82) is 0 Å². The minimum atomic E-state index is -0.250. The molecule has 178 valence electrons. The van der Waals surface area contributed by atoms with Crippen LogP contribution in [0.4, 0.5) is 0 Å². The fourth-order valence-electron chi connectivity index (χ4n) is 4.99. The molecule has 0 aliphatic carbocycles. The summed E-state index contributed by atoms with van der Waals surface area (Å²) in [7, 11) is 0. The van der Waals surface area contributed by atoms with E-state index in [2.05, 4.69) is 17.2 Å². The van der Waals surface area contributed by atoms with Crippen LogP contribution in [-0.4, -0.2) is 62.0 Å². The molecule has 2 aliphatic heterocycles. The predicted molar refractivity (Wildman–Crippen MR) is 121 cm³/mol. The highest BCUT2D eigenvalue weighted by molar-refractivity contribution is 5.76. The summed E-state index contributed by atoms with van der Waals surface area (Å²) in [6.07, 6.45) is 5.89. The normalized spacial score (nSPS) is 20.8. The lowest BCUT2D eigenvalue weighted by atomic mass is 9.78. The van der Waals surface area contributed by atoms with Gasteiger partial charge in [-0.15, -0.1) is 0 Å². The van der Waals surface area contributed by atoms with Gasteiger partial charge in [0, 0.05) is 76.0 Å². The van der Waals surface area contributed by atoms with Crippen molar-refractivity contribution in [2.45, 2.75) is 51.6 Å². The molecule has 3 atom stereocenters. The van der Waals surface area contributed by atoms with E-state index < -0.39 is 0 Å². The fourth-order valence-corrected chi connectivity index (χ4v) is 4.99. The number of rotatable bonds is 6. The second-order valence-electron chi connectivity index (χ2n) is 8.40. The zero-order valence-corrected chi connectivity index (χ0v) is 19.0. The van der Waals surface area contributed by atoms with Gasteiger partial charge in [-0.25, -0.2) is 4.98 Å². The van der Waals surface area contributed by atoms with Crippen LogP contribution in [0.25, 0.3) is 0 Å². The number of fused-ring (bicyclic) bond motifs is 4. The van der Waals surface area contributed by atoms with Crippen LogP contribution in [0.2, 0.25) is 0 Å². The Balaban J connectivity index is 0.000000968. The van der Waals surface area contributed by atoms with E-state index in [1.165, 1.54) is 6.92 Å². The predicted octanol–water partition coefficient (Wildman–Crippen LogP) is 1.02. The molecule has 2 N–H and O–H groups in total. The van der Waals surface area contributed by atoms with Crippen LogP contribution in [0.5, 0.6) is 0 Å². The summed E-state index contributed by atoms with van der Waals surface area (Å²) in [5.74, 6) is 1.30. The van der Waals surface area contributed by atoms with Gasteiger partial charge in [-0.2, -0.15) is 0 Å². The number of nitrogens with zero attached hydrogens (tertiary/aromatic N) is 4. The van der Waals surface area contributed by atoms with Crippen molar-refractivity contribution in [2.24, 2.45) is 5.92 Å². The van der Waals surface area contributed by atoms with E-state index >= 15 is 0 Å². The molecule has 10 nitrogen and oxygen atoms in total. The molecule has 1 fully saturated rings. The summed E-state index contributed by atoms with van der Waals surface area (Å²) in [4.78, 5) is 51.8. The monoisotopic (exact) mass is 457 g/mol. The molecule has 0 saturated carbocycles. The topological polar surface area (TPSA) is 127 Å². The molecule has 4 heterocycles. The quantitative estimate of drug-likeness (QED) is 0.624. The van der Waals surface area contributed by atoms with Gasteiger partial charge in [0.1, 0.15) is 5.82 Å². The van der Waals surface area contributed by atoms with Gasteiger partial charge < -0.3 is 24.5 Å². The lowest BCUT2D eigenvalue weighted by Gasteiger charge is -2.47. The van der Waals surface area contributed by atoms with Crippen molar-refractivity contribution in [3.63, 3.8) is 0 Å². The van der Waals surface area contributed by atoms with E-state index in [0.29, 0.717) is 32.6 Å². The molecule has 2 aromatic rings. The average molecular weight is 458 g/mol. The number of carboxylic acid groups (broad SMARTS) is 1. The maximum atomic E-state index is 13.0. The summed E-state index contributed by atoms with van der Waals surface area (Å²) in [6.45, 7) is 5.57. The van der Waals surface area contributed by atoms with E-state index in [1.807, 2.05) is 26.3 Å². The third kappa shape index (κ3) is 5.50. The van der Waals surface area contributed by atoms with E-state index in [9.17, 15) is 14.4 Å². The maximum Gasteiger partial charge on any atom is 0.290 e. The Labute approximate surface area is 192 Å². The molecule has 2 bridgehead atoms. The number of likely N-dealkylation sites (tertiary alicyclic amines) is 1. The number of hydrogen-bond acceptors (Lipinski definition) is 5. The molecular weight excluding hydrogens is 426 g/mol. The Morgan fingerprint density at radius 2 is 2.06 bits per heavy atom. The summed E-state index contributed by atoms with van der Waals surface area (Å²) < 4.78 is 3.88. The van der Waals surface area contributed by atoms with Crippen LogP contribution < -0.4 is 10.9 Å². The van der Waals surface area contributed by atoms with Gasteiger partial charge in [0.15, 0.2) is 0 Å². The van der Waals surface area contributed by atoms with E-state index in [1.54, 1.807) is 18.3 Å². The van der Waals surface area contributed by atoms with Gasteiger partial charge in [-0.1, -0.05) is 13.0 Å². The first kappa shape index (κ1) is 24.2. The number of aryl methyl sites for hydroxylation is 2. The summed E-state index contributed by atoms with van der Waals surface area (Å²) in [6, 6.07) is 5.21. The number of nitrogens with one attached hydrogen (secondary N) is 1. The van der Waals surface area contributed by atoms with Crippen LogP contribution in [0.15, 0.2) is 35.4 Å². The molecule has 2 aromatic heterocycles. The van der Waals surface area contributed by atoms with Crippen LogP contribution in [-0.2, 0) is 27.3 Å². The van der Waals surface area contributed by atoms with Crippen molar-refractivity contribution in [1.82, 2.24) is 24.3 Å². The third-order valence-electron chi connectivity index (χ3n) is 6.40. The summed E-state index contributed by atoms with van der Waals surface area (Å²) in [5, 5.41) is 9.76. The zero-order valence-electron chi connectivity index (χ0n) is 19.0. The van der Waals surface area contributed by atoms with Crippen molar-refractivity contribution < 1.29 is 19.5 Å². The highest BCUT2D eigenvalue weighted by Gasteiger charge is 2.41. The minimum absolute atomic E-state index is 0.0375. The second-order valence-corrected chi connectivity index (χ2v) is 8.40. The number of aromatic nitrogens is 3. The lowest BCUT2D eigenvalue weighted by Crippen LogP contribution is -2.53. The molecular formula is C23H31N5O5. The van der Waals surface area contributed by atoms with Gasteiger partial charge in [-0.3, -0.25) is 19.2 Å². The van der Waals surface area contributed by atoms with Crippen molar-refractivity contribution >= 4 is 18.3 Å². The highest BCUT2D eigenvalue weighted by atomic mass is 16.3. The molecule has 10 heteroatoms. The minimum Gasteiger partial charge on any atom is -0.483 e. The number of hydrogen-bond donors (Lipinski definition) is 2. The van der Waals surface area contributed by atoms with E-state index in [4.69, 9.17) is 9.90 Å². The van der Waals surface area contributed by atoms with Crippen molar-refractivity contribution in [2.75, 3.05) is 19.6 Å². The van der Waals surface area contributed by atoms with Gasteiger partial charge >= 0.3 is 0 Å². The Hall–Kier alpha value is -3.43. The molecule has 2 aliphatic rings. The van der Waals surface area contributed by atoms with Crippen LogP contribution in [0.1, 0.15) is 50.2 Å². The third-order valence-corrected chi connectivity index (χ3v) is 6.40. The maximum absolute atomic E-state index is 13.0. The number of carbonyl (C=O) groups excluding carboxylic acids is 2. The van der Waals surface area contributed by atoms with Gasteiger partial charge in [0.2, 0.25) is 11.8 Å². The first-order chi connectivity index (χ1) is 15.9. The van der Waals surface area contributed by atoms with E-state index in [-0.39, 0.29) is 41.7 Å². The Morgan fingerprint density at radius 3 is 2.76 bits per heavy atom. The molecule has 2 amide bonds. The van der Waals surface area contributed by atoms with Crippen molar-refractivity contribution in [3.8, 4) is 0 Å². The first-order valence-electron chi connectivity index (χ1n) is 11.2. The van der Waals surface area contributed by atoms with Gasteiger partial charge in [-0.05, 0) is 18.4 Å². The zero-order chi connectivity index (χ0) is 24.0. The second kappa shape index (κ2) is 10.9. The smallest absolute Gasteiger partial charge is 0.290 e. The molecule has 0 unspecified atom stereocenters. The first-order valence-corrected chi connectivity index (χ1v) is 11.2. The van der Waals surface area contributed by atoms with Crippen molar-refractivity contribution in [3.05, 3.63) is 52.5 Å². The molecule has 0 spiro atoms. The van der Waals surface area contributed by atoms with E-state index in [0.717, 1.165) is 24.4 Å². The number of pyridine rings is 1. The summed E-state index contributed by atoms with van der Waals surface area (Å²) in [5.41, 5.74) is 0.930. The number of imidazole rings is 1. The molecule has 4 rings (SSSR count). The standard InChI is InChI=1S/C22H29N5O3.CH2O2/c1-3-20-23-8-10-25(20)9-7-21(29)26-13-16-11-17(14-26)19(12-24-15(2)28)27-18(16)5-4-6-22(27)30;2-1-3/h4-6,8,10,16-17,19H,3,7,9,11-14H2,1-2H3,(H,24,28);1H,(H,2,3)/t16-,17+,19+;/m1./s1.